The molecule has 0 amide bonds. The van der Waals surface area contributed by atoms with Crippen molar-refractivity contribution in [2.45, 2.75) is 12.8 Å². The van der Waals surface area contributed by atoms with E-state index in [4.69, 9.17) is 0 Å². The Morgan fingerprint density at radius 1 is 1.22 bits per heavy atom. The predicted octanol–water partition coefficient (Wildman–Crippen LogP) is 0.121. The molecule has 2 saturated heterocycles. The molecule has 2 aliphatic rings. The highest BCUT2D eigenvalue weighted by Crippen LogP contribution is 2.34. The molecule has 1 unspecified atom stereocenters. The lowest BCUT2D eigenvalue weighted by Crippen LogP contribution is -2.21. The van der Waals surface area contributed by atoms with Gasteiger partial charge < -0.3 is 10.6 Å². The van der Waals surface area contributed by atoms with Crippen LogP contribution in [0.1, 0.15) is 12.8 Å². The maximum Gasteiger partial charge on any atom is 0.0296 e. The fourth-order valence-corrected chi connectivity index (χ4v) is 1.78. The fraction of sp³-hybridized carbons (Fsp3) is 0.857. The van der Waals surface area contributed by atoms with Crippen LogP contribution in [0.2, 0.25) is 0 Å². The lowest BCUT2D eigenvalue weighted by atomic mass is 9.87. The molecular formula is C7H13N2. The first-order valence-electron chi connectivity index (χ1n) is 3.70. The summed E-state index contributed by atoms with van der Waals surface area (Å²) < 4.78 is 0. The van der Waals surface area contributed by atoms with Gasteiger partial charge in [0.25, 0.3) is 0 Å². The van der Waals surface area contributed by atoms with E-state index in [9.17, 15) is 0 Å². The molecule has 2 rings (SSSR count). The summed E-state index contributed by atoms with van der Waals surface area (Å²) in [5.74, 6) is 0. The topological polar surface area (TPSA) is 24.1 Å². The van der Waals surface area contributed by atoms with Gasteiger partial charge in [0.2, 0.25) is 0 Å². The average Bonchev–Trinajstić information content (AvgIpc) is 2.45. The van der Waals surface area contributed by atoms with Gasteiger partial charge in [0.05, 0.1) is 0 Å². The standard InChI is InChI=1S/C7H13N2/c1-3-8-5-7(1)2-4-9-6-7/h5,8-9H,1-4,6H2. The van der Waals surface area contributed by atoms with Crippen LogP contribution < -0.4 is 10.6 Å². The van der Waals surface area contributed by atoms with E-state index in [-0.39, 0.29) is 0 Å². The summed E-state index contributed by atoms with van der Waals surface area (Å²) in [5.41, 5.74) is 0.542. The Morgan fingerprint density at radius 3 is 2.67 bits per heavy atom. The number of nitrogens with one attached hydrogen (secondary N) is 2. The van der Waals surface area contributed by atoms with Gasteiger partial charge in [0.15, 0.2) is 0 Å². The van der Waals surface area contributed by atoms with E-state index in [1.807, 2.05) is 0 Å². The van der Waals surface area contributed by atoms with E-state index >= 15 is 0 Å². The third-order valence-electron chi connectivity index (χ3n) is 2.45. The van der Waals surface area contributed by atoms with E-state index in [0.29, 0.717) is 5.41 Å². The molecule has 0 aliphatic carbocycles. The van der Waals surface area contributed by atoms with Gasteiger partial charge in [0, 0.05) is 18.5 Å². The third kappa shape index (κ3) is 0.864. The van der Waals surface area contributed by atoms with Crippen LogP contribution >= 0.6 is 0 Å². The zero-order valence-corrected chi connectivity index (χ0v) is 5.61. The van der Waals surface area contributed by atoms with E-state index in [0.717, 1.165) is 0 Å². The molecular weight excluding hydrogens is 112 g/mol. The van der Waals surface area contributed by atoms with Crippen LogP contribution in [-0.4, -0.2) is 19.6 Å². The third-order valence-corrected chi connectivity index (χ3v) is 2.45. The number of hydrogen-bond acceptors (Lipinski definition) is 2. The quantitative estimate of drug-likeness (QED) is 0.480. The van der Waals surface area contributed by atoms with Crippen molar-refractivity contribution in [3.05, 3.63) is 6.54 Å². The highest BCUT2D eigenvalue weighted by molar-refractivity contribution is 5.01. The van der Waals surface area contributed by atoms with Crippen molar-refractivity contribution in [2.75, 3.05) is 19.6 Å². The lowest BCUT2D eigenvalue weighted by Gasteiger charge is -2.18. The second-order valence-corrected chi connectivity index (χ2v) is 3.14. The predicted molar refractivity (Wildman–Crippen MR) is 36.8 cm³/mol. The number of hydrogen-bond donors (Lipinski definition) is 2. The summed E-state index contributed by atoms with van der Waals surface area (Å²) in [6.07, 6.45) is 2.67. The Balaban J connectivity index is 2.04. The van der Waals surface area contributed by atoms with Gasteiger partial charge >= 0.3 is 0 Å². The largest absolute Gasteiger partial charge is 0.316 e. The molecule has 51 valence electrons. The molecule has 1 spiro atoms. The SMILES string of the molecule is [CH]1NCCC12CCNC2. The van der Waals surface area contributed by atoms with Crippen molar-refractivity contribution < 1.29 is 0 Å². The smallest absolute Gasteiger partial charge is 0.0296 e. The van der Waals surface area contributed by atoms with Crippen molar-refractivity contribution in [1.29, 1.82) is 0 Å². The maximum absolute atomic E-state index is 3.38. The van der Waals surface area contributed by atoms with Gasteiger partial charge in [-0.05, 0) is 25.9 Å². The molecule has 0 saturated carbocycles. The Morgan fingerprint density at radius 2 is 2.11 bits per heavy atom. The van der Waals surface area contributed by atoms with Crippen LogP contribution in [0.3, 0.4) is 0 Å². The Labute approximate surface area is 56.0 Å². The zero-order valence-electron chi connectivity index (χ0n) is 5.61. The maximum atomic E-state index is 3.38. The summed E-state index contributed by atoms with van der Waals surface area (Å²) in [5, 5.41) is 6.67. The minimum Gasteiger partial charge on any atom is -0.316 e. The van der Waals surface area contributed by atoms with E-state index in [1.54, 1.807) is 0 Å². The van der Waals surface area contributed by atoms with Crippen LogP contribution in [0.25, 0.3) is 0 Å². The Hall–Kier alpha value is -0.0800. The first-order chi connectivity index (χ1) is 4.41. The van der Waals surface area contributed by atoms with Crippen molar-refractivity contribution in [3.63, 3.8) is 0 Å². The zero-order chi connectivity index (χ0) is 6.16. The molecule has 9 heavy (non-hydrogen) atoms. The Bertz CT molecular complexity index is 82.0. The Kier molecular flexibility index (Phi) is 1.24. The van der Waals surface area contributed by atoms with Crippen molar-refractivity contribution in [2.24, 2.45) is 5.41 Å². The molecule has 2 fully saturated rings. The van der Waals surface area contributed by atoms with Crippen LogP contribution in [0, 0.1) is 12.0 Å². The molecule has 1 radical (unpaired) electrons. The first kappa shape index (κ1) is 5.69. The minimum atomic E-state index is 0.542. The lowest BCUT2D eigenvalue weighted by molar-refractivity contribution is 0.409. The number of rotatable bonds is 0. The molecule has 2 heteroatoms. The van der Waals surface area contributed by atoms with Gasteiger partial charge in [-0.1, -0.05) is 0 Å². The molecule has 2 heterocycles. The molecule has 2 N–H and O–H groups in total. The van der Waals surface area contributed by atoms with Gasteiger partial charge in [-0.3, -0.25) is 0 Å². The van der Waals surface area contributed by atoms with Crippen LogP contribution in [-0.2, 0) is 0 Å². The second kappa shape index (κ2) is 1.96. The first-order valence-corrected chi connectivity index (χ1v) is 3.70. The monoisotopic (exact) mass is 125 g/mol. The van der Waals surface area contributed by atoms with Crippen LogP contribution in [0.4, 0.5) is 0 Å². The van der Waals surface area contributed by atoms with E-state index in [2.05, 4.69) is 17.2 Å². The van der Waals surface area contributed by atoms with Gasteiger partial charge in [0.1, 0.15) is 0 Å². The highest BCUT2D eigenvalue weighted by Gasteiger charge is 2.36. The van der Waals surface area contributed by atoms with Crippen LogP contribution in [0.5, 0.6) is 0 Å². The summed E-state index contributed by atoms with van der Waals surface area (Å²) in [6, 6.07) is 0. The molecule has 2 nitrogen and oxygen atoms in total. The van der Waals surface area contributed by atoms with Gasteiger partial charge in [-0.25, -0.2) is 0 Å². The van der Waals surface area contributed by atoms with E-state index in [1.165, 1.54) is 32.5 Å². The second-order valence-electron chi connectivity index (χ2n) is 3.14. The van der Waals surface area contributed by atoms with Gasteiger partial charge in [-0.15, -0.1) is 0 Å². The van der Waals surface area contributed by atoms with Crippen molar-refractivity contribution >= 4 is 0 Å². The summed E-state index contributed by atoms with van der Waals surface area (Å²) >= 11 is 0. The van der Waals surface area contributed by atoms with Gasteiger partial charge in [-0.2, -0.15) is 0 Å². The molecule has 0 aromatic rings. The summed E-state index contributed by atoms with van der Waals surface area (Å²) in [6.45, 7) is 5.87. The normalized spacial score (nSPS) is 32.0. The van der Waals surface area contributed by atoms with E-state index < -0.39 is 0 Å². The average molecular weight is 125 g/mol. The van der Waals surface area contributed by atoms with Crippen molar-refractivity contribution in [1.82, 2.24) is 10.6 Å². The molecule has 1 atom stereocenters. The fourth-order valence-electron chi connectivity index (χ4n) is 1.78. The summed E-state index contributed by atoms with van der Waals surface area (Å²) in [4.78, 5) is 0. The minimum absolute atomic E-state index is 0.542. The highest BCUT2D eigenvalue weighted by atomic mass is 15.0. The van der Waals surface area contributed by atoms with Crippen molar-refractivity contribution in [3.8, 4) is 0 Å². The molecule has 2 aliphatic heterocycles. The summed E-state index contributed by atoms with van der Waals surface area (Å²) in [7, 11) is 0. The molecule has 0 aromatic heterocycles. The van der Waals surface area contributed by atoms with Crippen LogP contribution in [0.15, 0.2) is 0 Å². The molecule has 0 aromatic carbocycles. The molecule has 0 bridgehead atoms.